The summed E-state index contributed by atoms with van der Waals surface area (Å²) in [6.45, 7) is 6.14. The quantitative estimate of drug-likeness (QED) is 0.909. The van der Waals surface area contributed by atoms with E-state index in [0.717, 1.165) is 47.9 Å². The van der Waals surface area contributed by atoms with Crippen molar-refractivity contribution in [2.45, 2.75) is 6.92 Å². The molecular formula is C16H20BrN5. The Morgan fingerprint density at radius 1 is 1.09 bits per heavy atom. The number of rotatable bonds is 3. The van der Waals surface area contributed by atoms with Gasteiger partial charge in [0, 0.05) is 42.4 Å². The first kappa shape index (κ1) is 15.2. The second-order valence-corrected chi connectivity index (χ2v) is 6.44. The second kappa shape index (κ2) is 6.62. The Labute approximate surface area is 139 Å². The number of halogens is 1. The first-order valence-electron chi connectivity index (χ1n) is 7.42. The summed E-state index contributed by atoms with van der Waals surface area (Å²) in [4.78, 5) is 13.8. The minimum atomic E-state index is 0.640. The van der Waals surface area contributed by atoms with E-state index in [1.54, 1.807) is 0 Å². The third-order valence-corrected chi connectivity index (χ3v) is 4.48. The monoisotopic (exact) mass is 361 g/mol. The smallest absolute Gasteiger partial charge is 0.229 e. The van der Waals surface area contributed by atoms with Crippen molar-refractivity contribution in [2.24, 2.45) is 0 Å². The van der Waals surface area contributed by atoms with E-state index in [2.05, 4.69) is 54.1 Å². The number of anilines is 3. The highest BCUT2D eigenvalue weighted by atomic mass is 79.9. The Morgan fingerprint density at radius 3 is 2.55 bits per heavy atom. The topological polar surface area (TPSA) is 44.3 Å². The van der Waals surface area contributed by atoms with Crippen LogP contribution < -0.4 is 10.2 Å². The maximum absolute atomic E-state index is 4.68. The Kier molecular flexibility index (Phi) is 4.59. The molecule has 22 heavy (non-hydrogen) atoms. The van der Waals surface area contributed by atoms with Gasteiger partial charge in [-0.2, -0.15) is 4.98 Å². The van der Waals surface area contributed by atoms with Gasteiger partial charge in [0.2, 0.25) is 5.95 Å². The van der Waals surface area contributed by atoms with Crippen molar-refractivity contribution in [1.82, 2.24) is 14.9 Å². The van der Waals surface area contributed by atoms with Crippen LogP contribution in [0.15, 0.2) is 34.8 Å². The van der Waals surface area contributed by atoms with Gasteiger partial charge in [0.1, 0.15) is 5.82 Å². The van der Waals surface area contributed by atoms with Crippen LogP contribution in [0.25, 0.3) is 0 Å². The molecule has 1 N–H and O–H groups in total. The number of para-hydroxylation sites is 1. The fourth-order valence-corrected chi connectivity index (χ4v) is 2.87. The van der Waals surface area contributed by atoms with Gasteiger partial charge in [-0.1, -0.05) is 12.1 Å². The molecule has 2 heterocycles. The molecule has 0 radical (unpaired) electrons. The lowest BCUT2D eigenvalue weighted by molar-refractivity contribution is 0.312. The van der Waals surface area contributed by atoms with Crippen molar-refractivity contribution >= 4 is 33.4 Å². The van der Waals surface area contributed by atoms with E-state index in [9.17, 15) is 0 Å². The number of nitrogens with one attached hydrogen (secondary N) is 1. The van der Waals surface area contributed by atoms with Crippen LogP contribution in [0.1, 0.15) is 5.69 Å². The third-order valence-electron chi connectivity index (χ3n) is 3.79. The molecule has 5 nitrogen and oxygen atoms in total. The molecule has 0 spiro atoms. The lowest BCUT2D eigenvalue weighted by Crippen LogP contribution is -2.44. The van der Waals surface area contributed by atoms with Gasteiger partial charge in [0.15, 0.2) is 0 Å². The molecule has 0 atom stereocenters. The summed E-state index contributed by atoms with van der Waals surface area (Å²) in [5.74, 6) is 1.64. The van der Waals surface area contributed by atoms with E-state index in [1.807, 2.05) is 31.2 Å². The van der Waals surface area contributed by atoms with Crippen molar-refractivity contribution < 1.29 is 0 Å². The largest absolute Gasteiger partial charge is 0.354 e. The average molecular weight is 362 g/mol. The van der Waals surface area contributed by atoms with E-state index in [-0.39, 0.29) is 0 Å². The van der Waals surface area contributed by atoms with E-state index in [0.29, 0.717) is 5.95 Å². The van der Waals surface area contributed by atoms with Crippen molar-refractivity contribution in [1.29, 1.82) is 0 Å². The summed E-state index contributed by atoms with van der Waals surface area (Å²) in [7, 11) is 2.16. The summed E-state index contributed by atoms with van der Waals surface area (Å²) in [5, 5.41) is 3.30. The fourth-order valence-electron chi connectivity index (χ4n) is 2.49. The van der Waals surface area contributed by atoms with Gasteiger partial charge >= 0.3 is 0 Å². The average Bonchev–Trinajstić information content (AvgIpc) is 2.50. The second-order valence-electron chi connectivity index (χ2n) is 5.59. The van der Waals surface area contributed by atoms with Gasteiger partial charge in [-0.15, -0.1) is 0 Å². The minimum absolute atomic E-state index is 0.640. The Bertz CT molecular complexity index is 653. The van der Waals surface area contributed by atoms with E-state index >= 15 is 0 Å². The zero-order chi connectivity index (χ0) is 15.5. The van der Waals surface area contributed by atoms with Crippen molar-refractivity contribution in [3.8, 4) is 0 Å². The summed E-state index contributed by atoms with van der Waals surface area (Å²) < 4.78 is 1.00. The Hall–Kier alpha value is -1.66. The van der Waals surface area contributed by atoms with Crippen molar-refractivity contribution in [3.05, 3.63) is 40.5 Å². The predicted molar refractivity (Wildman–Crippen MR) is 93.9 cm³/mol. The molecular weight excluding hydrogens is 342 g/mol. The fraction of sp³-hybridized carbons (Fsp3) is 0.375. The lowest BCUT2D eigenvalue weighted by Gasteiger charge is -2.33. The van der Waals surface area contributed by atoms with Crippen LogP contribution >= 0.6 is 15.9 Å². The summed E-state index contributed by atoms with van der Waals surface area (Å²) >= 11 is 3.54. The number of piperazine rings is 1. The number of aryl methyl sites for hydroxylation is 1. The summed E-state index contributed by atoms with van der Waals surface area (Å²) in [6, 6.07) is 10.0. The molecule has 0 saturated carbocycles. The molecule has 116 valence electrons. The molecule has 3 rings (SSSR count). The molecule has 1 aromatic carbocycles. The van der Waals surface area contributed by atoms with Crippen LogP contribution in [0, 0.1) is 6.92 Å². The molecule has 1 saturated heterocycles. The Morgan fingerprint density at radius 2 is 1.82 bits per heavy atom. The van der Waals surface area contributed by atoms with Gasteiger partial charge < -0.3 is 15.1 Å². The number of benzene rings is 1. The van der Waals surface area contributed by atoms with Crippen molar-refractivity contribution in [3.63, 3.8) is 0 Å². The zero-order valence-corrected chi connectivity index (χ0v) is 14.5. The number of hydrogen-bond donors (Lipinski definition) is 1. The maximum atomic E-state index is 4.68. The van der Waals surface area contributed by atoms with Gasteiger partial charge in [0.05, 0.1) is 5.69 Å². The van der Waals surface area contributed by atoms with Crippen LogP contribution in [-0.4, -0.2) is 48.1 Å². The van der Waals surface area contributed by atoms with Gasteiger partial charge in [-0.25, -0.2) is 4.98 Å². The highest BCUT2D eigenvalue weighted by molar-refractivity contribution is 9.10. The minimum Gasteiger partial charge on any atom is -0.354 e. The molecule has 1 aromatic heterocycles. The molecule has 0 amide bonds. The predicted octanol–water partition coefficient (Wildman–Crippen LogP) is 3.04. The first-order chi connectivity index (χ1) is 10.6. The maximum Gasteiger partial charge on any atom is 0.229 e. The molecule has 1 aliphatic heterocycles. The highest BCUT2D eigenvalue weighted by Crippen LogP contribution is 2.25. The molecule has 0 bridgehead atoms. The molecule has 1 fully saturated rings. The standard InChI is InChI=1S/C16H20BrN5/c1-12-11-15(22-9-7-21(2)8-10-22)20-16(18-12)19-14-6-4-3-5-13(14)17/h3-6,11H,7-10H2,1-2H3,(H,18,19,20). The number of aromatic nitrogens is 2. The van der Waals surface area contributed by atoms with E-state index in [4.69, 9.17) is 0 Å². The number of hydrogen-bond acceptors (Lipinski definition) is 5. The Balaban J connectivity index is 1.82. The zero-order valence-electron chi connectivity index (χ0n) is 12.9. The van der Waals surface area contributed by atoms with Crippen LogP contribution in [0.5, 0.6) is 0 Å². The summed E-state index contributed by atoms with van der Waals surface area (Å²) in [6.07, 6.45) is 0. The molecule has 2 aromatic rings. The van der Waals surface area contributed by atoms with Crippen LogP contribution in [0.2, 0.25) is 0 Å². The van der Waals surface area contributed by atoms with Gasteiger partial charge in [0.25, 0.3) is 0 Å². The van der Waals surface area contributed by atoms with Crippen LogP contribution in [0.3, 0.4) is 0 Å². The van der Waals surface area contributed by atoms with Crippen LogP contribution in [-0.2, 0) is 0 Å². The van der Waals surface area contributed by atoms with Gasteiger partial charge in [-0.05, 0) is 42.0 Å². The third kappa shape index (κ3) is 3.56. The molecule has 0 unspecified atom stereocenters. The summed E-state index contributed by atoms with van der Waals surface area (Å²) in [5.41, 5.74) is 1.94. The van der Waals surface area contributed by atoms with Crippen molar-refractivity contribution in [2.75, 3.05) is 43.4 Å². The van der Waals surface area contributed by atoms with E-state index < -0.39 is 0 Å². The number of nitrogens with zero attached hydrogens (tertiary/aromatic N) is 4. The lowest BCUT2D eigenvalue weighted by atomic mass is 10.3. The van der Waals surface area contributed by atoms with Gasteiger partial charge in [-0.3, -0.25) is 0 Å². The van der Waals surface area contributed by atoms with E-state index in [1.165, 1.54) is 0 Å². The molecule has 6 heteroatoms. The highest BCUT2D eigenvalue weighted by Gasteiger charge is 2.16. The molecule has 1 aliphatic rings. The van der Waals surface area contributed by atoms with Crippen LogP contribution in [0.4, 0.5) is 17.5 Å². The normalized spacial score (nSPS) is 15.9. The SMILES string of the molecule is Cc1cc(N2CCN(C)CC2)nc(Nc2ccccc2Br)n1. The molecule has 0 aliphatic carbocycles. The first-order valence-corrected chi connectivity index (χ1v) is 8.22. The number of likely N-dealkylation sites (N-methyl/N-ethyl adjacent to an activating group) is 1.